The minimum absolute atomic E-state index is 0.0831. The third kappa shape index (κ3) is 4.46. The van der Waals surface area contributed by atoms with Gasteiger partial charge in [0.1, 0.15) is 0 Å². The number of hydrogen-bond acceptors (Lipinski definition) is 6. The highest BCUT2D eigenvalue weighted by molar-refractivity contribution is 5.97. The minimum atomic E-state index is -1.53. The molecule has 6 heteroatoms. The van der Waals surface area contributed by atoms with Crippen LogP contribution in [0.4, 0.5) is 0 Å². The molecule has 0 bridgehead atoms. The zero-order valence-corrected chi connectivity index (χ0v) is 11.0. The number of carboxylic acids is 2. The number of carbonyl (C=O) groups is 2. The Balaban J connectivity index is 5.57. The molecule has 0 aromatic rings. The van der Waals surface area contributed by atoms with E-state index in [4.69, 9.17) is 9.47 Å². The van der Waals surface area contributed by atoms with E-state index in [1.807, 2.05) is 0 Å². The number of aliphatic carboxylic acids is 2. The molecule has 6 nitrogen and oxygen atoms in total. The van der Waals surface area contributed by atoms with Gasteiger partial charge in [-0.3, -0.25) is 0 Å². The van der Waals surface area contributed by atoms with Gasteiger partial charge in [0, 0.05) is 26.1 Å². The summed E-state index contributed by atoms with van der Waals surface area (Å²) in [4.78, 5) is 22.2. The van der Waals surface area contributed by atoms with Gasteiger partial charge in [-0.1, -0.05) is 13.8 Å². The van der Waals surface area contributed by atoms with Crippen molar-refractivity contribution in [1.29, 1.82) is 0 Å². The smallest absolute Gasteiger partial charge is 0.0681 e. The van der Waals surface area contributed by atoms with E-state index >= 15 is 0 Å². The maximum Gasteiger partial charge on any atom is 0.0681 e. The van der Waals surface area contributed by atoms with Crippen LogP contribution in [-0.2, 0) is 19.1 Å². The largest absolute Gasteiger partial charge is 0.545 e. The van der Waals surface area contributed by atoms with Crippen LogP contribution in [0.5, 0.6) is 0 Å². The summed E-state index contributed by atoms with van der Waals surface area (Å²) < 4.78 is 9.67. The molecular weight excluding hydrogens is 240 g/mol. The summed E-state index contributed by atoms with van der Waals surface area (Å²) in [6, 6.07) is 0. The lowest BCUT2D eigenvalue weighted by molar-refractivity contribution is -0.305. The van der Waals surface area contributed by atoms with Gasteiger partial charge < -0.3 is 29.3 Å². The van der Waals surface area contributed by atoms with Gasteiger partial charge in [0.15, 0.2) is 0 Å². The molecule has 0 aliphatic heterocycles. The van der Waals surface area contributed by atoms with Crippen molar-refractivity contribution in [3.63, 3.8) is 0 Å². The molecule has 0 saturated carbocycles. The van der Waals surface area contributed by atoms with Crippen molar-refractivity contribution in [1.82, 2.24) is 0 Å². The van der Waals surface area contributed by atoms with Gasteiger partial charge in [0.05, 0.1) is 25.2 Å². The maximum absolute atomic E-state index is 11.1. The summed E-state index contributed by atoms with van der Waals surface area (Å²) in [5, 5.41) is 22.2. The molecule has 104 valence electrons. The Morgan fingerprint density at radius 3 is 1.33 bits per heavy atom. The first-order valence-corrected chi connectivity index (χ1v) is 5.51. The molecule has 0 spiro atoms. The highest BCUT2D eigenvalue weighted by Crippen LogP contribution is 2.22. The Bertz CT molecular complexity index is 301. The molecule has 0 aromatic carbocycles. The van der Waals surface area contributed by atoms with Crippen LogP contribution < -0.4 is 10.2 Å². The Hall–Kier alpha value is -1.40. The molecule has 0 amide bonds. The van der Waals surface area contributed by atoms with Crippen LogP contribution in [0.25, 0.3) is 0 Å². The quantitative estimate of drug-likeness (QED) is 0.484. The van der Waals surface area contributed by atoms with E-state index in [-0.39, 0.29) is 24.4 Å². The summed E-state index contributed by atoms with van der Waals surface area (Å²) in [5.41, 5.74) is -0.609. The first-order valence-electron chi connectivity index (χ1n) is 5.51. The SMILES string of the molecule is COCC(C)C(C(=O)[O-])=C(C(=O)[O-])C(C)COC. The second-order valence-electron chi connectivity index (χ2n) is 4.12. The fourth-order valence-corrected chi connectivity index (χ4v) is 1.82. The van der Waals surface area contributed by atoms with E-state index in [1.165, 1.54) is 14.2 Å². The summed E-state index contributed by atoms with van der Waals surface area (Å²) >= 11 is 0. The van der Waals surface area contributed by atoms with E-state index in [9.17, 15) is 19.8 Å². The number of rotatable bonds is 8. The number of methoxy groups -OCH3 is 2. The van der Waals surface area contributed by atoms with Crippen molar-refractivity contribution in [2.24, 2.45) is 11.8 Å². The minimum Gasteiger partial charge on any atom is -0.545 e. The van der Waals surface area contributed by atoms with E-state index < -0.39 is 23.8 Å². The van der Waals surface area contributed by atoms with Crippen molar-refractivity contribution in [2.75, 3.05) is 27.4 Å². The maximum atomic E-state index is 11.1. The van der Waals surface area contributed by atoms with Gasteiger partial charge in [-0.05, 0) is 11.1 Å². The molecular formula is C12H18O6-2. The highest BCUT2D eigenvalue weighted by Gasteiger charge is 2.21. The topological polar surface area (TPSA) is 98.7 Å². The van der Waals surface area contributed by atoms with Crippen molar-refractivity contribution in [3.8, 4) is 0 Å². The lowest BCUT2D eigenvalue weighted by atomic mass is 9.89. The lowest BCUT2D eigenvalue weighted by Crippen LogP contribution is -2.37. The molecule has 0 N–H and O–H groups in total. The summed E-state index contributed by atoms with van der Waals surface area (Å²) in [6.07, 6.45) is 0. The van der Waals surface area contributed by atoms with Gasteiger partial charge in [0.2, 0.25) is 0 Å². The molecule has 18 heavy (non-hydrogen) atoms. The second kappa shape index (κ2) is 7.84. The summed E-state index contributed by atoms with van der Waals surface area (Å²) in [6.45, 7) is 3.27. The molecule has 0 aliphatic rings. The number of ether oxygens (including phenoxy) is 2. The van der Waals surface area contributed by atoms with Crippen molar-refractivity contribution in [2.45, 2.75) is 13.8 Å². The molecule has 0 heterocycles. The summed E-state index contributed by atoms with van der Waals surface area (Å²) in [7, 11) is 2.81. The average molecular weight is 258 g/mol. The van der Waals surface area contributed by atoms with Gasteiger partial charge in [0.25, 0.3) is 0 Å². The fourth-order valence-electron chi connectivity index (χ4n) is 1.82. The van der Waals surface area contributed by atoms with Crippen molar-refractivity contribution < 1.29 is 29.3 Å². The van der Waals surface area contributed by atoms with Gasteiger partial charge in [-0.25, -0.2) is 0 Å². The third-order valence-corrected chi connectivity index (χ3v) is 2.55. The Morgan fingerprint density at radius 1 is 0.889 bits per heavy atom. The Kier molecular flexibility index (Phi) is 7.23. The van der Waals surface area contributed by atoms with Crippen LogP contribution in [0.15, 0.2) is 11.1 Å². The van der Waals surface area contributed by atoms with E-state index in [2.05, 4.69) is 0 Å². The second-order valence-corrected chi connectivity index (χ2v) is 4.12. The van der Waals surface area contributed by atoms with Gasteiger partial charge >= 0.3 is 0 Å². The van der Waals surface area contributed by atoms with Crippen molar-refractivity contribution >= 4 is 11.9 Å². The molecule has 2 unspecified atom stereocenters. The Morgan fingerprint density at radius 2 is 1.17 bits per heavy atom. The first kappa shape index (κ1) is 16.6. The molecule has 0 aromatic heterocycles. The highest BCUT2D eigenvalue weighted by atomic mass is 16.5. The van der Waals surface area contributed by atoms with E-state index in [1.54, 1.807) is 13.8 Å². The molecule has 0 rings (SSSR count). The van der Waals surface area contributed by atoms with Crippen LogP contribution in [-0.4, -0.2) is 39.4 Å². The molecule has 2 atom stereocenters. The van der Waals surface area contributed by atoms with Crippen molar-refractivity contribution in [3.05, 3.63) is 11.1 Å². The number of carboxylic acid groups (broad SMARTS) is 2. The lowest BCUT2D eigenvalue weighted by Gasteiger charge is -2.25. The van der Waals surface area contributed by atoms with Crippen LogP contribution in [0.1, 0.15) is 13.8 Å². The van der Waals surface area contributed by atoms with Gasteiger partial charge in [-0.15, -0.1) is 0 Å². The molecule has 0 saturated heterocycles. The predicted molar refractivity (Wildman–Crippen MR) is 59.1 cm³/mol. The fraction of sp³-hybridized carbons (Fsp3) is 0.667. The molecule has 0 radical (unpaired) electrons. The molecule has 0 fully saturated rings. The predicted octanol–water partition coefficient (Wildman–Crippen LogP) is -1.65. The first-order chi connectivity index (χ1) is 8.36. The summed E-state index contributed by atoms with van der Waals surface area (Å²) in [5.74, 6) is -4.26. The number of hydrogen-bond donors (Lipinski definition) is 0. The normalized spacial score (nSPS) is 15.8. The Labute approximate surface area is 106 Å². The van der Waals surface area contributed by atoms with Crippen LogP contribution in [0.2, 0.25) is 0 Å². The standard InChI is InChI=1S/C12H20O6/c1-7(5-17-3)9(11(13)14)10(12(15)16)8(2)6-18-4/h7-8H,5-6H2,1-4H3,(H,13,14)(H,15,16)/p-2. The number of carbonyl (C=O) groups excluding carboxylic acids is 2. The zero-order chi connectivity index (χ0) is 14.3. The van der Waals surface area contributed by atoms with Crippen LogP contribution in [0, 0.1) is 11.8 Å². The van der Waals surface area contributed by atoms with Crippen LogP contribution in [0.3, 0.4) is 0 Å². The molecule has 0 aliphatic carbocycles. The average Bonchev–Trinajstić information content (AvgIpc) is 2.24. The third-order valence-electron chi connectivity index (χ3n) is 2.55. The monoisotopic (exact) mass is 258 g/mol. The van der Waals surface area contributed by atoms with Crippen LogP contribution >= 0.6 is 0 Å². The van der Waals surface area contributed by atoms with E-state index in [0.717, 1.165) is 0 Å². The van der Waals surface area contributed by atoms with Gasteiger partial charge in [-0.2, -0.15) is 0 Å². The zero-order valence-electron chi connectivity index (χ0n) is 11.0. The van der Waals surface area contributed by atoms with E-state index in [0.29, 0.717) is 0 Å².